The number of Topliss-reactive ketones (excluding diaryl/α,β-unsaturated/α-hetero) is 1. The second kappa shape index (κ2) is 5.49. The minimum absolute atomic E-state index is 0. The molecule has 0 N–H and O–H groups in total. The molecule has 0 radical (unpaired) electrons. The number of carbonyl (C=O) groups excluding carboxylic acids is 1. The second-order valence-corrected chi connectivity index (χ2v) is 3.97. The summed E-state index contributed by atoms with van der Waals surface area (Å²) in [6, 6.07) is 0. The first kappa shape index (κ1) is 14.4. The molecule has 0 saturated heterocycles. The van der Waals surface area contributed by atoms with Gasteiger partial charge in [-0.05, 0) is 12.5 Å². The summed E-state index contributed by atoms with van der Waals surface area (Å²) in [4.78, 5) is 11.1. The molecule has 0 bridgehead atoms. The first-order chi connectivity index (χ1) is 4.83. The van der Waals surface area contributed by atoms with E-state index in [2.05, 4.69) is 27.7 Å². The van der Waals surface area contributed by atoms with Crippen LogP contribution in [0.25, 0.3) is 0 Å². The third-order valence-corrected chi connectivity index (χ3v) is 1.49. The summed E-state index contributed by atoms with van der Waals surface area (Å²) < 4.78 is 0.832. The molecule has 3 heteroatoms. The smallest absolute Gasteiger partial charge is 0.163 e. The largest absolute Gasteiger partial charge is 1.00 e. The Balaban J connectivity index is 0. The molecule has 0 aromatic heterocycles. The maximum atomic E-state index is 11.1. The van der Waals surface area contributed by atoms with Crippen LogP contribution in [-0.2, 0) is 4.79 Å². The molecule has 12 heavy (non-hydrogen) atoms. The Morgan fingerprint density at radius 3 is 2.00 bits per heavy atom. The summed E-state index contributed by atoms with van der Waals surface area (Å²) in [5.74, 6) is 0.179. The van der Waals surface area contributed by atoms with Crippen molar-refractivity contribution >= 4 is 5.78 Å². The molecule has 0 aliphatic rings. The highest BCUT2D eigenvalue weighted by Gasteiger charge is 2.10. The van der Waals surface area contributed by atoms with Gasteiger partial charge < -0.3 is 21.5 Å². The quantitative estimate of drug-likeness (QED) is 0.417. The lowest BCUT2D eigenvalue weighted by Gasteiger charge is -2.23. The van der Waals surface area contributed by atoms with E-state index in [0.29, 0.717) is 12.0 Å². The van der Waals surface area contributed by atoms with Crippen LogP contribution in [0.1, 0.15) is 13.3 Å². The lowest BCUT2D eigenvalue weighted by molar-refractivity contribution is -0.869. The van der Waals surface area contributed by atoms with E-state index in [0.717, 1.165) is 11.0 Å². The van der Waals surface area contributed by atoms with Crippen LogP contribution >= 0.6 is 0 Å². The lowest BCUT2D eigenvalue weighted by Crippen LogP contribution is -3.00. The minimum atomic E-state index is 0. The summed E-state index contributed by atoms with van der Waals surface area (Å²) >= 11 is 0. The van der Waals surface area contributed by atoms with Gasteiger partial charge in [-0.1, -0.05) is 6.58 Å². The number of ketones is 1. The molecular formula is C9H18BrNO. The van der Waals surface area contributed by atoms with Gasteiger partial charge in [-0.2, -0.15) is 0 Å². The van der Waals surface area contributed by atoms with Crippen LogP contribution in [0.2, 0.25) is 0 Å². The molecule has 0 aromatic rings. The van der Waals surface area contributed by atoms with Gasteiger partial charge in [0.1, 0.15) is 0 Å². The number of hydrogen-bond donors (Lipinski definition) is 0. The number of rotatable bonds is 4. The van der Waals surface area contributed by atoms with E-state index in [1.807, 2.05) is 0 Å². The molecule has 0 saturated carbocycles. The molecule has 0 spiro atoms. The van der Waals surface area contributed by atoms with E-state index < -0.39 is 0 Å². The summed E-state index contributed by atoms with van der Waals surface area (Å²) in [6.07, 6.45) is 0.610. The summed E-state index contributed by atoms with van der Waals surface area (Å²) in [7, 11) is 6.23. The predicted octanol–water partition coefficient (Wildman–Crippen LogP) is -1.77. The Bertz CT molecular complexity index is 170. The van der Waals surface area contributed by atoms with Gasteiger partial charge in [-0.3, -0.25) is 4.79 Å². The molecule has 0 fully saturated rings. The standard InChI is InChI=1S/C9H18NO.BrH/c1-8(2)9(11)6-7-10(3,4)5;/h1,6-7H2,2-5H3;1H/q+1;/p-1. The summed E-state index contributed by atoms with van der Waals surface area (Å²) in [6.45, 7) is 6.24. The highest BCUT2D eigenvalue weighted by Crippen LogP contribution is 1.99. The fourth-order valence-corrected chi connectivity index (χ4v) is 0.650. The first-order valence-electron chi connectivity index (χ1n) is 3.82. The van der Waals surface area contributed by atoms with Crippen molar-refractivity contribution in [3.05, 3.63) is 12.2 Å². The normalized spacial score (nSPS) is 10.3. The van der Waals surface area contributed by atoms with Crippen molar-refractivity contribution in [3.63, 3.8) is 0 Å². The second-order valence-electron chi connectivity index (χ2n) is 3.97. The van der Waals surface area contributed by atoms with Crippen LogP contribution < -0.4 is 17.0 Å². The van der Waals surface area contributed by atoms with E-state index in [4.69, 9.17) is 0 Å². The molecular weight excluding hydrogens is 218 g/mol. The highest BCUT2D eigenvalue weighted by molar-refractivity contribution is 5.94. The third-order valence-electron chi connectivity index (χ3n) is 1.49. The molecule has 0 aromatic carbocycles. The van der Waals surface area contributed by atoms with Crippen molar-refractivity contribution in [1.82, 2.24) is 0 Å². The molecule has 2 nitrogen and oxygen atoms in total. The van der Waals surface area contributed by atoms with Gasteiger partial charge in [0.05, 0.1) is 34.1 Å². The highest BCUT2D eigenvalue weighted by atomic mass is 79.9. The van der Waals surface area contributed by atoms with Gasteiger partial charge in [-0.25, -0.2) is 0 Å². The predicted molar refractivity (Wildman–Crippen MR) is 47.3 cm³/mol. The maximum absolute atomic E-state index is 11.1. The van der Waals surface area contributed by atoms with Crippen LogP contribution in [0.5, 0.6) is 0 Å². The zero-order chi connectivity index (χ0) is 9.07. The number of carbonyl (C=O) groups is 1. The number of nitrogens with zero attached hydrogens (tertiary/aromatic N) is 1. The SMILES string of the molecule is C=C(C)C(=O)CC[N+](C)(C)C.[Br-]. The summed E-state index contributed by atoms with van der Waals surface area (Å²) in [5, 5.41) is 0. The Kier molecular flexibility index (Phi) is 6.58. The number of quaternary nitrogens is 1. The fraction of sp³-hybridized carbons (Fsp3) is 0.667. The number of halogens is 1. The van der Waals surface area contributed by atoms with Crippen LogP contribution in [-0.4, -0.2) is 38.0 Å². The van der Waals surface area contributed by atoms with Crippen LogP contribution in [0.4, 0.5) is 0 Å². The van der Waals surface area contributed by atoms with E-state index in [1.54, 1.807) is 6.92 Å². The molecule has 0 amide bonds. The van der Waals surface area contributed by atoms with Gasteiger partial charge in [0.2, 0.25) is 0 Å². The van der Waals surface area contributed by atoms with Crippen molar-refractivity contribution in [2.45, 2.75) is 13.3 Å². The Labute approximate surface area is 85.6 Å². The van der Waals surface area contributed by atoms with Crippen molar-refractivity contribution in [3.8, 4) is 0 Å². The maximum Gasteiger partial charge on any atom is 0.163 e. The molecule has 0 aliphatic carbocycles. The van der Waals surface area contributed by atoms with Gasteiger partial charge >= 0.3 is 0 Å². The van der Waals surface area contributed by atoms with Crippen molar-refractivity contribution in [2.75, 3.05) is 27.7 Å². The van der Waals surface area contributed by atoms with Gasteiger partial charge in [0.15, 0.2) is 5.78 Å². The van der Waals surface area contributed by atoms with Crippen LogP contribution in [0, 0.1) is 0 Å². The van der Waals surface area contributed by atoms with Crippen molar-refractivity contribution < 1.29 is 26.3 Å². The zero-order valence-corrected chi connectivity index (χ0v) is 9.94. The Morgan fingerprint density at radius 2 is 1.75 bits per heavy atom. The molecule has 72 valence electrons. The Morgan fingerprint density at radius 1 is 1.33 bits per heavy atom. The summed E-state index contributed by atoms with van der Waals surface area (Å²) in [5.41, 5.74) is 0.665. The van der Waals surface area contributed by atoms with Crippen molar-refractivity contribution in [2.24, 2.45) is 0 Å². The monoisotopic (exact) mass is 235 g/mol. The number of hydrogen-bond acceptors (Lipinski definition) is 1. The van der Waals surface area contributed by atoms with E-state index in [9.17, 15) is 4.79 Å². The van der Waals surface area contributed by atoms with Gasteiger partial charge in [0, 0.05) is 0 Å². The van der Waals surface area contributed by atoms with E-state index in [-0.39, 0.29) is 22.8 Å². The molecule has 0 aliphatic heterocycles. The molecule has 0 atom stereocenters. The van der Waals surface area contributed by atoms with Crippen LogP contribution in [0.3, 0.4) is 0 Å². The van der Waals surface area contributed by atoms with Crippen LogP contribution in [0.15, 0.2) is 12.2 Å². The molecule has 0 rings (SSSR count). The van der Waals surface area contributed by atoms with Gasteiger partial charge in [-0.15, -0.1) is 0 Å². The van der Waals surface area contributed by atoms with Crippen molar-refractivity contribution in [1.29, 1.82) is 0 Å². The lowest BCUT2D eigenvalue weighted by atomic mass is 10.1. The average molecular weight is 236 g/mol. The first-order valence-corrected chi connectivity index (χ1v) is 3.82. The average Bonchev–Trinajstić information content (AvgIpc) is 1.80. The minimum Gasteiger partial charge on any atom is -1.00 e. The topological polar surface area (TPSA) is 17.1 Å². The third kappa shape index (κ3) is 7.95. The van der Waals surface area contributed by atoms with E-state index >= 15 is 0 Å². The fourth-order valence-electron chi connectivity index (χ4n) is 0.650. The van der Waals surface area contributed by atoms with Gasteiger partial charge in [0.25, 0.3) is 0 Å². The van der Waals surface area contributed by atoms with E-state index in [1.165, 1.54) is 0 Å². The Hall–Kier alpha value is -0.150. The molecule has 0 unspecified atom stereocenters. The molecule has 0 heterocycles. The number of allylic oxidation sites excluding steroid dienone is 1. The zero-order valence-electron chi connectivity index (χ0n) is 8.35.